The van der Waals surface area contributed by atoms with Crippen molar-refractivity contribution in [1.82, 2.24) is 10.3 Å². The Morgan fingerprint density at radius 1 is 1.39 bits per heavy atom. The van der Waals surface area contributed by atoms with Gasteiger partial charge in [-0.05, 0) is 37.1 Å². The quantitative estimate of drug-likeness (QED) is 0.922. The smallest absolute Gasteiger partial charge is 0.251 e. The third kappa shape index (κ3) is 3.68. The number of nitrogens with zero attached hydrogens (tertiary/aromatic N) is 1. The summed E-state index contributed by atoms with van der Waals surface area (Å²) in [6.45, 7) is 1.34. The van der Waals surface area contributed by atoms with Crippen LogP contribution < -0.4 is 10.1 Å². The molecule has 1 amide bonds. The Kier molecular flexibility index (Phi) is 4.88. The van der Waals surface area contributed by atoms with Crippen LogP contribution in [0.2, 0.25) is 0 Å². The highest BCUT2D eigenvalue weighted by atomic mass is 16.5. The molecule has 1 N–H and O–H groups in total. The lowest BCUT2D eigenvalue weighted by atomic mass is 10.1. The first-order valence-corrected chi connectivity index (χ1v) is 7.77. The molecule has 23 heavy (non-hydrogen) atoms. The summed E-state index contributed by atoms with van der Waals surface area (Å²) < 4.78 is 10.9. The standard InChI is InChI=1S/C18H20N2O3/c1-22-16-8-3-9-19-17(16)13-5-2-6-14(11-13)18(21)20-12-15-7-4-10-23-15/h2-3,5-6,8-9,11,15H,4,7,10,12H2,1H3,(H,20,21)/t15-/m0/s1. The maximum atomic E-state index is 12.3. The molecule has 0 bridgehead atoms. The summed E-state index contributed by atoms with van der Waals surface area (Å²) in [5, 5.41) is 2.93. The van der Waals surface area contributed by atoms with Crippen LogP contribution in [0, 0.1) is 0 Å². The molecule has 2 heterocycles. The van der Waals surface area contributed by atoms with Crippen LogP contribution in [0.5, 0.6) is 5.75 Å². The van der Waals surface area contributed by atoms with E-state index >= 15 is 0 Å². The average molecular weight is 312 g/mol. The molecule has 120 valence electrons. The minimum Gasteiger partial charge on any atom is -0.494 e. The molecule has 1 saturated heterocycles. The molecule has 2 aromatic rings. The van der Waals surface area contributed by atoms with E-state index in [0.29, 0.717) is 17.9 Å². The van der Waals surface area contributed by atoms with Gasteiger partial charge in [-0.1, -0.05) is 12.1 Å². The van der Waals surface area contributed by atoms with E-state index in [1.807, 2.05) is 30.3 Å². The Morgan fingerprint density at radius 2 is 2.30 bits per heavy atom. The largest absolute Gasteiger partial charge is 0.494 e. The highest BCUT2D eigenvalue weighted by Gasteiger charge is 2.17. The lowest BCUT2D eigenvalue weighted by Gasteiger charge is -2.12. The van der Waals surface area contributed by atoms with Gasteiger partial charge in [0.2, 0.25) is 0 Å². The highest BCUT2D eigenvalue weighted by Crippen LogP contribution is 2.27. The second kappa shape index (κ2) is 7.24. The van der Waals surface area contributed by atoms with Crippen molar-refractivity contribution in [2.45, 2.75) is 18.9 Å². The lowest BCUT2D eigenvalue weighted by Crippen LogP contribution is -2.31. The van der Waals surface area contributed by atoms with E-state index in [-0.39, 0.29) is 12.0 Å². The number of carbonyl (C=O) groups excluding carboxylic acids is 1. The molecule has 0 aliphatic carbocycles. The average Bonchev–Trinajstić information content (AvgIpc) is 3.13. The van der Waals surface area contributed by atoms with Crippen LogP contribution in [0.15, 0.2) is 42.6 Å². The van der Waals surface area contributed by atoms with Crippen LogP contribution in [-0.4, -0.2) is 37.3 Å². The van der Waals surface area contributed by atoms with Gasteiger partial charge in [0.05, 0.1) is 13.2 Å². The third-order valence-electron chi connectivity index (χ3n) is 3.90. The van der Waals surface area contributed by atoms with Crippen LogP contribution in [-0.2, 0) is 4.74 Å². The molecular weight excluding hydrogens is 292 g/mol. The van der Waals surface area contributed by atoms with Crippen molar-refractivity contribution in [3.63, 3.8) is 0 Å². The van der Waals surface area contributed by atoms with Gasteiger partial charge in [-0.25, -0.2) is 0 Å². The molecule has 1 fully saturated rings. The van der Waals surface area contributed by atoms with Crippen LogP contribution >= 0.6 is 0 Å². The van der Waals surface area contributed by atoms with Crippen molar-refractivity contribution in [1.29, 1.82) is 0 Å². The van der Waals surface area contributed by atoms with Crippen LogP contribution in [0.1, 0.15) is 23.2 Å². The zero-order valence-electron chi connectivity index (χ0n) is 13.1. The van der Waals surface area contributed by atoms with Crippen molar-refractivity contribution in [3.8, 4) is 17.0 Å². The number of rotatable bonds is 5. The monoisotopic (exact) mass is 312 g/mol. The summed E-state index contributed by atoms with van der Waals surface area (Å²) >= 11 is 0. The van der Waals surface area contributed by atoms with Crippen LogP contribution in [0.25, 0.3) is 11.3 Å². The van der Waals surface area contributed by atoms with Crippen LogP contribution in [0.4, 0.5) is 0 Å². The molecule has 1 aromatic carbocycles. The Hall–Kier alpha value is -2.40. The van der Waals surface area contributed by atoms with Gasteiger partial charge in [-0.3, -0.25) is 9.78 Å². The van der Waals surface area contributed by atoms with E-state index in [2.05, 4.69) is 10.3 Å². The molecule has 1 atom stereocenters. The van der Waals surface area contributed by atoms with E-state index in [1.165, 1.54) is 0 Å². The van der Waals surface area contributed by atoms with Gasteiger partial charge in [-0.2, -0.15) is 0 Å². The number of hydrogen-bond acceptors (Lipinski definition) is 4. The Labute approximate surface area is 135 Å². The van der Waals surface area contributed by atoms with Gasteiger partial charge in [0.15, 0.2) is 0 Å². The normalized spacial score (nSPS) is 17.0. The molecule has 1 aliphatic rings. The van der Waals surface area contributed by atoms with E-state index < -0.39 is 0 Å². The van der Waals surface area contributed by atoms with Crippen molar-refractivity contribution in [2.75, 3.05) is 20.3 Å². The highest BCUT2D eigenvalue weighted by molar-refractivity contribution is 5.95. The molecule has 0 saturated carbocycles. The van der Waals surface area contributed by atoms with E-state index in [4.69, 9.17) is 9.47 Å². The van der Waals surface area contributed by atoms with Crippen molar-refractivity contribution < 1.29 is 14.3 Å². The number of amides is 1. The summed E-state index contributed by atoms with van der Waals surface area (Å²) in [5.74, 6) is 0.585. The molecule has 5 heteroatoms. The summed E-state index contributed by atoms with van der Waals surface area (Å²) in [6.07, 6.45) is 3.92. The minimum absolute atomic E-state index is 0.0998. The molecule has 1 aromatic heterocycles. The first kappa shape index (κ1) is 15.5. The SMILES string of the molecule is COc1cccnc1-c1cccc(C(=O)NC[C@@H]2CCCO2)c1. The minimum atomic E-state index is -0.0998. The van der Waals surface area contributed by atoms with Crippen molar-refractivity contribution in [2.24, 2.45) is 0 Å². The first-order chi connectivity index (χ1) is 11.3. The number of pyridine rings is 1. The summed E-state index contributed by atoms with van der Waals surface area (Å²) in [5.41, 5.74) is 2.18. The van der Waals surface area contributed by atoms with Gasteiger partial charge in [0.25, 0.3) is 5.91 Å². The third-order valence-corrected chi connectivity index (χ3v) is 3.90. The van der Waals surface area contributed by atoms with Gasteiger partial charge in [-0.15, -0.1) is 0 Å². The molecular formula is C18H20N2O3. The lowest BCUT2D eigenvalue weighted by molar-refractivity contribution is 0.0858. The Bertz CT molecular complexity index is 681. The summed E-state index contributed by atoms with van der Waals surface area (Å²) in [4.78, 5) is 16.7. The van der Waals surface area contributed by atoms with Gasteiger partial charge in [0.1, 0.15) is 11.4 Å². The molecule has 0 radical (unpaired) electrons. The fraction of sp³-hybridized carbons (Fsp3) is 0.333. The summed E-state index contributed by atoms with van der Waals surface area (Å²) in [6, 6.07) is 11.1. The number of aromatic nitrogens is 1. The fourth-order valence-electron chi connectivity index (χ4n) is 2.69. The second-order valence-corrected chi connectivity index (χ2v) is 5.48. The predicted octanol–water partition coefficient (Wildman–Crippen LogP) is 2.67. The summed E-state index contributed by atoms with van der Waals surface area (Å²) in [7, 11) is 1.61. The molecule has 1 aliphatic heterocycles. The zero-order valence-corrected chi connectivity index (χ0v) is 13.1. The van der Waals surface area contributed by atoms with E-state index in [9.17, 15) is 4.79 Å². The number of methoxy groups -OCH3 is 1. The van der Waals surface area contributed by atoms with E-state index in [1.54, 1.807) is 19.4 Å². The van der Waals surface area contributed by atoms with Gasteiger partial charge < -0.3 is 14.8 Å². The molecule has 0 spiro atoms. The fourth-order valence-corrected chi connectivity index (χ4v) is 2.69. The molecule has 3 rings (SSSR count). The Balaban J connectivity index is 1.75. The maximum absolute atomic E-state index is 12.3. The molecule has 0 unspecified atom stereocenters. The molecule has 5 nitrogen and oxygen atoms in total. The predicted molar refractivity (Wildman–Crippen MR) is 87.5 cm³/mol. The number of nitrogens with one attached hydrogen (secondary N) is 1. The zero-order chi connectivity index (χ0) is 16.1. The van der Waals surface area contributed by atoms with E-state index in [0.717, 1.165) is 30.7 Å². The number of ether oxygens (including phenoxy) is 2. The van der Waals surface area contributed by atoms with Crippen molar-refractivity contribution >= 4 is 5.91 Å². The topological polar surface area (TPSA) is 60.5 Å². The number of hydrogen-bond donors (Lipinski definition) is 1. The Morgan fingerprint density at radius 3 is 3.09 bits per heavy atom. The maximum Gasteiger partial charge on any atom is 0.251 e. The van der Waals surface area contributed by atoms with Crippen molar-refractivity contribution in [3.05, 3.63) is 48.2 Å². The van der Waals surface area contributed by atoms with Crippen LogP contribution in [0.3, 0.4) is 0 Å². The second-order valence-electron chi connectivity index (χ2n) is 5.48. The number of carbonyl (C=O) groups is 1. The first-order valence-electron chi connectivity index (χ1n) is 7.77. The van der Waals surface area contributed by atoms with Gasteiger partial charge >= 0.3 is 0 Å². The van der Waals surface area contributed by atoms with Gasteiger partial charge in [0, 0.05) is 30.5 Å². The number of benzene rings is 1.